The molecular formula is C16H27F3O. The lowest BCUT2D eigenvalue weighted by Gasteiger charge is -2.35. The van der Waals surface area contributed by atoms with Gasteiger partial charge in [-0.15, -0.1) is 0 Å². The summed E-state index contributed by atoms with van der Waals surface area (Å²) in [6, 6.07) is 0. The molecule has 4 heteroatoms. The van der Waals surface area contributed by atoms with Crippen molar-refractivity contribution in [1.82, 2.24) is 0 Å². The summed E-state index contributed by atoms with van der Waals surface area (Å²) in [7, 11) is 0. The second-order valence-corrected chi connectivity index (χ2v) is 6.34. The van der Waals surface area contributed by atoms with Gasteiger partial charge < -0.3 is 5.11 Å². The molecule has 1 aliphatic carbocycles. The molecule has 20 heavy (non-hydrogen) atoms. The molecule has 0 aromatic heterocycles. The molecule has 0 radical (unpaired) electrons. The quantitative estimate of drug-likeness (QED) is 0.710. The third kappa shape index (κ3) is 5.12. The number of aliphatic hydroxyl groups is 1. The van der Waals surface area contributed by atoms with Gasteiger partial charge in [-0.2, -0.15) is 13.2 Å². The molecule has 0 aromatic rings. The van der Waals surface area contributed by atoms with Crippen molar-refractivity contribution in [3.8, 4) is 0 Å². The van der Waals surface area contributed by atoms with Gasteiger partial charge in [-0.25, -0.2) is 0 Å². The predicted octanol–water partition coefficient (Wildman–Crippen LogP) is 4.95. The van der Waals surface area contributed by atoms with E-state index in [-0.39, 0.29) is 24.2 Å². The third-order valence-corrected chi connectivity index (χ3v) is 4.75. The van der Waals surface area contributed by atoms with Crippen LogP contribution in [0, 0.1) is 23.7 Å². The molecule has 0 aromatic carbocycles. The fourth-order valence-corrected chi connectivity index (χ4v) is 2.92. The van der Waals surface area contributed by atoms with Gasteiger partial charge in [-0.1, -0.05) is 39.3 Å². The van der Waals surface area contributed by atoms with E-state index in [9.17, 15) is 18.3 Å². The van der Waals surface area contributed by atoms with Gasteiger partial charge in [0, 0.05) is 0 Å². The molecule has 1 saturated carbocycles. The van der Waals surface area contributed by atoms with Crippen molar-refractivity contribution >= 4 is 0 Å². The molecule has 0 saturated heterocycles. The van der Waals surface area contributed by atoms with Crippen LogP contribution in [-0.4, -0.2) is 17.4 Å². The highest BCUT2D eigenvalue weighted by Gasteiger charge is 2.45. The molecule has 1 aliphatic rings. The zero-order valence-electron chi connectivity index (χ0n) is 12.7. The van der Waals surface area contributed by atoms with Gasteiger partial charge >= 0.3 is 6.18 Å². The Morgan fingerprint density at radius 3 is 2.50 bits per heavy atom. The molecule has 1 rings (SSSR count). The number of halogens is 3. The monoisotopic (exact) mass is 292 g/mol. The van der Waals surface area contributed by atoms with E-state index < -0.39 is 18.2 Å². The van der Waals surface area contributed by atoms with Crippen molar-refractivity contribution in [2.75, 3.05) is 0 Å². The Morgan fingerprint density at radius 2 is 1.95 bits per heavy atom. The molecule has 1 fully saturated rings. The van der Waals surface area contributed by atoms with Gasteiger partial charge in [-0.3, -0.25) is 0 Å². The highest BCUT2D eigenvalue weighted by Crippen LogP contribution is 2.44. The van der Waals surface area contributed by atoms with Gasteiger partial charge in [0.25, 0.3) is 0 Å². The Balaban J connectivity index is 2.47. The van der Waals surface area contributed by atoms with E-state index >= 15 is 0 Å². The Hall–Kier alpha value is -0.510. The van der Waals surface area contributed by atoms with Crippen molar-refractivity contribution in [2.45, 2.75) is 65.2 Å². The summed E-state index contributed by atoms with van der Waals surface area (Å²) in [5.41, 5.74) is 0. The number of allylic oxidation sites excluding steroid dienone is 1. The van der Waals surface area contributed by atoms with E-state index in [0.717, 1.165) is 12.8 Å². The van der Waals surface area contributed by atoms with E-state index in [1.807, 2.05) is 19.9 Å². The average molecular weight is 292 g/mol. The van der Waals surface area contributed by atoms with Gasteiger partial charge in [0.1, 0.15) is 0 Å². The molecule has 118 valence electrons. The average Bonchev–Trinajstić information content (AvgIpc) is 2.38. The van der Waals surface area contributed by atoms with Crippen LogP contribution in [0.25, 0.3) is 0 Å². The zero-order valence-corrected chi connectivity index (χ0v) is 12.7. The Morgan fingerprint density at radius 1 is 1.30 bits per heavy atom. The van der Waals surface area contributed by atoms with Crippen molar-refractivity contribution in [3.63, 3.8) is 0 Å². The maximum absolute atomic E-state index is 12.9. The van der Waals surface area contributed by atoms with Crippen LogP contribution in [0.4, 0.5) is 13.2 Å². The summed E-state index contributed by atoms with van der Waals surface area (Å²) in [5.74, 6) is -1.13. The maximum Gasteiger partial charge on any atom is 0.392 e. The highest BCUT2D eigenvalue weighted by molar-refractivity contribution is 4.93. The van der Waals surface area contributed by atoms with Crippen molar-refractivity contribution in [3.05, 3.63) is 12.2 Å². The molecule has 0 bridgehead atoms. The second kappa shape index (κ2) is 7.48. The lowest BCUT2D eigenvalue weighted by molar-refractivity contribution is -0.198. The number of aliphatic hydroxyl groups excluding tert-OH is 1. The molecule has 1 nitrogen and oxygen atoms in total. The minimum absolute atomic E-state index is 0.0956. The number of rotatable bonds is 5. The lowest BCUT2D eigenvalue weighted by Crippen LogP contribution is -2.34. The summed E-state index contributed by atoms with van der Waals surface area (Å²) >= 11 is 0. The first-order valence-electron chi connectivity index (χ1n) is 7.67. The van der Waals surface area contributed by atoms with Gasteiger partial charge in [0.05, 0.1) is 12.0 Å². The summed E-state index contributed by atoms with van der Waals surface area (Å²) in [6.07, 6.45) is 2.33. The molecular weight excluding hydrogens is 265 g/mol. The Labute approximate surface area is 120 Å². The normalized spacial score (nSPS) is 31.4. The lowest BCUT2D eigenvalue weighted by atomic mass is 9.73. The summed E-state index contributed by atoms with van der Waals surface area (Å²) in [4.78, 5) is 0. The summed E-state index contributed by atoms with van der Waals surface area (Å²) < 4.78 is 38.7. The minimum atomic E-state index is -4.07. The van der Waals surface area contributed by atoms with E-state index in [1.165, 1.54) is 0 Å². The van der Waals surface area contributed by atoms with E-state index in [2.05, 4.69) is 0 Å². The van der Waals surface area contributed by atoms with Crippen molar-refractivity contribution in [2.24, 2.45) is 23.7 Å². The SMILES string of the molecule is CCC(C)C(O)C=CCC1CCC(C)C(C(F)(F)F)C1. The van der Waals surface area contributed by atoms with Crippen LogP contribution in [0.2, 0.25) is 0 Å². The van der Waals surface area contributed by atoms with Crippen LogP contribution in [0.1, 0.15) is 52.9 Å². The van der Waals surface area contributed by atoms with E-state index in [4.69, 9.17) is 0 Å². The van der Waals surface area contributed by atoms with Crippen LogP contribution in [0.15, 0.2) is 12.2 Å². The first-order valence-corrected chi connectivity index (χ1v) is 7.67. The molecule has 5 unspecified atom stereocenters. The van der Waals surface area contributed by atoms with Crippen LogP contribution in [0.3, 0.4) is 0 Å². The second-order valence-electron chi connectivity index (χ2n) is 6.34. The Kier molecular flexibility index (Phi) is 6.56. The van der Waals surface area contributed by atoms with Crippen LogP contribution in [-0.2, 0) is 0 Å². The third-order valence-electron chi connectivity index (χ3n) is 4.75. The maximum atomic E-state index is 12.9. The smallest absolute Gasteiger partial charge is 0.389 e. The number of alkyl halides is 3. The molecule has 0 aliphatic heterocycles. The molecule has 0 spiro atoms. The minimum Gasteiger partial charge on any atom is -0.389 e. The van der Waals surface area contributed by atoms with Crippen LogP contribution in [0.5, 0.6) is 0 Å². The van der Waals surface area contributed by atoms with E-state index in [0.29, 0.717) is 12.8 Å². The highest BCUT2D eigenvalue weighted by atomic mass is 19.4. The number of hydrogen-bond acceptors (Lipinski definition) is 1. The van der Waals surface area contributed by atoms with Crippen LogP contribution >= 0.6 is 0 Å². The van der Waals surface area contributed by atoms with Gasteiger partial charge in [0.15, 0.2) is 0 Å². The molecule has 0 amide bonds. The first-order chi connectivity index (χ1) is 9.25. The number of hydrogen-bond donors (Lipinski definition) is 1. The van der Waals surface area contributed by atoms with Crippen LogP contribution < -0.4 is 0 Å². The predicted molar refractivity (Wildman–Crippen MR) is 75.3 cm³/mol. The van der Waals surface area contributed by atoms with Gasteiger partial charge in [0.2, 0.25) is 0 Å². The van der Waals surface area contributed by atoms with Gasteiger partial charge in [-0.05, 0) is 43.4 Å². The first kappa shape index (κ1) is 17.5. The standard InChI is InChI=1S/C16H27F3O/c1-4-11(2)15(20)7-5-6-13-9-8-12(3)14(10-13)16(17,18)19/h5,7,11-15,20H,4,6,8-10H2,1-3H3. The van der Waals surface area contributed by atoms with E-state index in [1.54, 1.807) is 13.0 Å². The summed E-state index contributed by atoms with van der Waals surface area (Å²) in [6.45, 7) is 5.69. The summed E-state index contributed by atoms with van der Waals surface area (Å²) in [5, 5.41) is 9.80. The zero-order chi connectivity index (χ0) is 15.3. The molecule has 1 N–H and O–H groups in total. The largest absolute Gasteiger partial charge is 0.392 e. The topological polar surface area (TPSA) is 20.2 Å². The molecule has 5 atom stereocenters. The van der Waals surface area contributed by atoms with Crippen molar-refractivity contribution in [1.29, 1.82) is 0 Å². The fourth-order valence-electron chi connectivity index (χ4n) is 2.92. The fraction of sp³-hybridized carbons (Fsp3) is 0.875. The van der Waals surface area contributed by atoms with Crippen molar-refractivity contribution < 1.29 is 18.3 Å². The Bertz CT molecular complexity index is 311. The molecule has 0 heterocycles.